The highest BCUT2D eigenvalue weighted by atomic mass is 16.5. The molecule has 1 aliphatic carbocycles. The molecule has 1 aliphatic heterocycles. The topological polar surface area (TPSA) is 83.0 Å². The van der Waals surface area contributed by atoms with Crippen LogP contribution in [-0.4, -0.2) is 45.2 Å². The van der Waals surface area contributed by atoms with Crippen molar-refractivity contribution in [2.24, 2.45) is 0 Å². The van der Waals surface area contributed by atoms with Crippen LogP contribution in [0.5, 0.6) is 5.88 Å². The van der Waals surface area contributed by atoms with Gasteiger partial charge in [0, 0.05) is 22.7 Å². The van der Waals surface area contributed by atoms with E-state index < -0.39 is 17.2 Å². The molecular weight excluding hydrogens is 478 g/mol. The van der Waals surface area contributed by atoms with Gasteiger partial charge in [0.25, 0.3) is 5.91 Å². The van der Waals surface area contributed by atoms with Crippen molar-refractivity contribution < 1.29 is 19.4 Å². The lowest BCUT2D eigenvalue weighted by atomic mass is 9.69. The van der Waals surface area contributed by atoms with Crippen LogP contribution in [0.1, 0.15) is 59.4 Å². The first-order valence-electron chi connectivity index (χ1n) is 13.2. The maximum atomic E-state index is 12.7. The van der Waals surface area contributed by atoms with E-state index in [0.29, 0.717) is 11.6 Å². The SMILES string of the molecule is CC(C)N1C(=O)COc2nc(-c3ccc(C4(N(C(=O)O)C(C)(C)C)CCC4)cc3)c(-c3ccccc3)cc21. The van der Waals surface area contributed by atoms with Crippen LogP contribution in [0, 0.1) is 0 Å². The molecule has 1 N–H and O–H groups in total. The minimum absolute atomic E-state index is 0.0284. The molecular formula is C31H35N3O4. The van der Waals surface area contributed by atoms with Crippen molar-refractivity contribution in [2.45, 2.75) is 71.0 Å². The Balaban J connectivity index is 1.62. The fourth-order valence-corrected chi connectivity index (χ4v) is 5.93. The first kappa shape index (κ1) is 25.8. The van der Waals surface area contributed by atoms with Gasteiger partial charge in [-0.1, -0.05) is 54.6 Å². The van der Waals surface area contributed by atoms with Gasteiger partial charge in [0.1, 0.15) is 5.69 Å². The van der Waals surface area contributed by atoms with E-state index in [1.54, 1.807) is 9.80 Å². The van der Waals surface area contributed by atoms with Crippen LogP contribution in [0.2, 0.25) is 0 Å². The Morgan fingerprint density at radius 2 is 1.71 bits per heavy atom. The van der Waals surface area contributed by atoms with Crippen molar-refractivity contribution in [1.29, 1.82) is 0 Å². The smallest absolute Gasteiger partial charge is 0.408 e. The molecule has 2 aromatic carbocycles. The molecule has 2 aliphatic rings. The largest absolute Gasteiger partial charge is 0.466 e. The molecule has 0 atom stereocenters. The molecule has 0 saturated heterocycles. The number of rotatable bonds is 5. The third-order valence-corrected chi connectivity index (χ3v) is 7.60. The zero-order chi connectivity index (χ0) is 27.2. The summed E-state index contributed by atoms with van der Waals surface area (Å²) < 4.78 is 5.79. The van der Waals surface area contributed by atoms with E-state index >= 15 is 0 Å². The van der Waals surface area contributed by atoms with Crippen LogP contribution in [0.15, 0.2) is 60.7 Å². The van der Waals surface area contributed by atoms with E-state index in [4.69, 9.17) is 9.72 Å². The number of nitrogens with zero attached hydrogens (tertiary/aromatic N) is 3. The minimum Gasteiger partial charge on any atom is -0.466 e. The number of ether oxygens (including phenoxy) is 1. The number of fused-ring (bicyclic) bond motifs is 1. The Labute approximate surface area is 224 Å². The zero-order valence-electron chi connectivity index (χ0n) is 22.7. The number of carboxylic acid groups (broad SMARTS) is 1. The highest BCUT2D eigenvalue weighted by molar-refractivity contribution is 5.99. The Morgan fingerprint density at radius 1 is 1.05 bits per heavy atom. The van der Waals surface area contributed by atoms with Crippen molar-refractivity contribution in [1.82, 2.24) is 9.88 Å². The monoisotopic (exact) mass is 513 g/mol. The minimum atomic E-state index is -0.898. The summed E-state index contributed by atoms with van der Waals surface area (Å²) in [6.45, 7) is 9.77. The number of pyridine rings is 1. The first-order valence-corrected chi connectivity index (χ1v) is 13.2. The lowest BCUT2D eigenvalue weighted by molar-refractivity contribution is -0.121. The zero-order valence-corrected chi connectivity index (χ0v) is 22.7. The fourth-order valence-electron chi connectivity index (χ4n) is 5.93. The number of anilines is 1. The summed E-state index contributed by atoms with van der Waals surface area (Å²) in [5.41, 5.74) is 4.16. The summed E-state index contributed by atoms with van der Waals surface area (Å²) in [4.78, 5) is 33.3. The lowest BCUT2D eigenvalue weighted by Crippen LogP contribution is -2.60. The second kappa shape index (κ2) is 9.46. The highest BCUT2D eigenvalue weighted by Gasteiger charge is 2.50. The van der Waals surface area contributed by atoms with Gasteiger partial charge in [-0.25, -0.2) is 9.78 Å². The molecule has 2 amide bonds. The van der Waals surface area contributed by atoms with Crippen LogP contribution in [0.25, 0.3) is 22.4 Å². The van der Waals surface area contributed by atoms with E-state index in [-0.39, 0.29) is 18.6 Å². The predicted molar refractivity (Wildman–Crippen MR) is 148 cm³/mol. The molecule has 2 heterocycles. The van der Waals surface area contributed by atoms with Gasteiger partial charge < -0.3 is 14.7 Å². The highest BCUT2D eigenvalue weighted by Crippen LogP contribution is 2.50. The average Bonchev–Trinajstić information content (AvgIpc) is 2.84. The maximum Gasteiger partial charge on any atom is 0.408 e. The summed E-state index contributed by atoms with van der Waals surface area (Å²) in [6.07, 6.45) is 1.70. The summed E-state index contributed by atoms with van der Waals surface area (Å²) in [5.74, 6) is 0.357. The second-order valence-electron chi connectivity index (χ2n) is 11.5. The third-order valence-electron chi connectivity index (χ3n) is 7.60. The number of carbonyl (C=O) groups excluding carboxylic acids is 1. The molecule has 7 heteroatoms. The van der Waals surface area contributed by atoms with Gasteiger partial charge in [-0.3, -0.25) is 9.69 Å². The van der Waals surface area contributed by atoms with Crippen molar-refractivity contribution in [3.8, 4) is 28.3 Å². The number of benzene rings is 2. The molecule has 1 aromatic heterocycles. The molecule has 38 heavy (non-hydrogen) atoms. The van der Waals surface area contributed by atoms with Crippen LogP contribution in [0.3, 0.4) is 0 Å². The molecule has 3 aromatic rings. The van der Waals surface area contributed by atoms with E-state index in [9.17, 15) is 14.7 Å². The Morgan fingerprint density at radius 3 is 2.24 bits per heavy atom. The van der Waals surface area contributed by atoms with Gasteiger partial charge in [-0.2, -0.15) is 0 Å². The Hall–Kier alpha value is -3.87. The quantitative estimate of drug-likeness (QED) is 0.410. The van der Waals surface area contributed by atoms with Gasteiger partial charge in [0.15, 0.2) is 6.61 Å². The summed E-state index contributed by atoms with van der Waals surface area (Å²) in [7, 11) is 0. The van der Waals surface area contributed by atoms with Gasteiger partial charge >= 0.3 is 6.09 Å². The van der Waals surface area contributed by atoms with Crippen molar-refractivity contribution in [3.05, 3.63) is 66.2 Å². The summed E-state index contributed by atoms with van der Waals surface area (Å²) in [5, 5.41) is 10.1. The predicted octanol–water partition coefficient (Wildman–Crippen LogP) is 6.71. The van der Waals surface area contributed by atoms with Crippen LogP contribution in [0.4, 0.5) is 10.5 Å². The fraction of sp³-hybridized carbons (Fsp3) is 0.387. The second-order valence-corrected chi connectivity index (χ2v) is 11.5. The number of hydrogen-bond acceptors (Lipinski definition) is 4. The van der Waals surface area contributed by atoms with Crippen LogP contribution in [-0.2, 0) is 10.3 Å². The van der Waals surface area contributed by atoms with Crippen molar-refractivity contribution in [2.75, 3.05) is 11.5 Å². The van der Waals surface area contributed by atoms with E-state index in [1.165, 1.54) is 0 Å². The van der Waals surface area contributed by atoms with E-state index in [1.807, 2.05) is 95.3 Å². The average molecular weight is 514 g/mol. The molecule has 0 radical (unpaired) electrons. The maximum absolute atomic E-state index is 12.7. The van der Waals surface area contributed by atoms with E-state index in [0.717, 1.165) is 47.2 Å². The number of carbonyl (C=O) groups is 2. The molecule has 5 rings (SSSR count). The van der Waals surface area contributed by atoms with Gasteiger partial charge in [-0.05, 0) is 71.1 Å². The third kappa shape index (κ3) is 4.30. The molecule has 198 valence electrons. The first-order chi connectivity index (χ1) is 18.0. The lowest BCUT2D eigenvalue weighted by Gasteiger charge is -2.54. The van der Waals surface area contributed by atoms with E-state index in [2.05, 4.69) is 0 Å². The van der Waals surface area contributed by atoms with Crippen molar-refractivity contribution >= 4 is 17.7 Å². The Bertz CT molecular complexity index is 1360. The molecule has 1 fully saturated rings. The Kier molecular flexibility index (Phi) is 6.41. The molecule has 1 saturated carbocycles. The summed E-state index contributed by atoms with van der Waals surface area (Å²) >= 11 is 0. The van der Waals surface area contributed by atoms with Crippen LogP contribution >= 0.6 is 0 Å². The van der Waals surface area contributed by atoms with Gasteiger partial charge in [0.05, 0.1) is 11.2 Å². The van der Waals surface area contributed by atoms with Gasteiger partial charge in [-0.15, -0.1) is 0 Å². The number of aromatic nitrogens is 1. The molecule has 0 bridgehead atoms. The van der Waals surface area contributed by atoms with Gasteiger partial charge in [0.2, 0.25) is 5.88 Å². The molecule has 0 spiro atoms. The number of amides is 2. The normalized spacial score (nSPS) is 16.5. The summed E-state index contributed by atoms with van der Waals surface area (Å²) in [6, 6.07) is 20.1. The molecule has 0 unspecified atom stereocenters. The molecule has 7 nitrogen and oxygen atoms in total. The van der Waals surface area contributed by atoms with Crippen molar-refractivity contribution in [3.63, 3.8) is 0 Å². The number of hydrogen-bond donors (Lipinski definition) is 1. The van der Waals surface area contributed by atoms with Crippen LogP contribution < -0.4 is 9.64 Å². The standard InChI is InChI=1S/C31H35N3O4/c1-20(2)33-25-18-24(21-10-7-6-8-11-21)27(32-28(25)38-19-26(33)35)22-12-14-23(15-13-22)31(16-9-17-31)34(29(36)37)30(3,4)5/h6-8,10-15,18,20H,9,16-17,19H2,1-5H3,(H,36,37).